The molecule has 2 amide bonds. The first-order valence-corrected chi connectivity index (χ1v) is 9.70. The van der Waals surface area contributed by atoms with Crippen molar-refractivity contribution in [3.05, 3.63) is 60.2 Å². The van der Waals surface area contributed by atoms with Crippen molar-refractivity contribution < 1.29 is 9.59 Å². The van der Waals surface area contributed by atoms with Gasteiger partial charge in [-0.15, -0.1) is 0 Å². The Morgan fingerprint density at radius 3 is 2.30 bits per heavy atom. The summed E-state index contributed by atoms with van der Waals surface area (Å²) in [5.74, 6) is -0.268. The van der Waals surface area contributed by atoms with Crippen molar-refractivity contribution in [2.45, 2.75) is 38.3 Å². The fourth-order valence-electron chi connectivity index (χ4n) is 3.85. The van der Waals surface area contributed by atoms with E-state index in [1.165, 1.54) is 29.8 Å². The van der Waals surface area contributed by atoms with Crippen LogP contribution in [-0.4, -0.2) is 35.8 Å². The van der Waals surface area contributed by atoms with E-state index < -0.39 is 6.04 Å². The van der Waals surface area contributed by atoms with Gasteiger partial charge in [-0.2, -0.15) is 0 Å². The Balaban J connectivity index is 1.39. The summed E-state index contributed by atoms with van der Waals surface area (Å²) in [6.07, 6.45) is 4.01. The standard InChI is InChI=1S/C22H25N3O2/c26-21-15-20(22(27)25(21)16-17-7-3-1-4-8-17)23-18-9-11-19(12-10-18)24-13-5-2-6-14-24/h1,3-4,7-12,20,23H,2,5-6,13-16H2/t20-/m1/s1. The molecule has 4 rings (SSSR count). The number of hydrogen-bond donors (Lipinski definition) is 1. The Kier molecular flexibility index (Phi) is 5.10. The summed E-state index contributed by atoms with van der Waals surface area (Å²) in [5, 5.41) is 3.24. The molecule has 2 saturated heterocycles. The van der Waals surface area contributed by atoms with Crippen molar-refractivity contribution >= 4 is 23.2 Å². The average molecular weight is 363 g/mol. The van der Waals surface area contributed by atoms with Crippen molar-refractivity contribution in [1.82, 2.24) is 4.90 Å². The molecule has 2 aliphatic rings. The van der Waals surface area contributed by atoms with Gasteiger partial charge in [-0.25, -0.2) is 0 Å². The molecule has 2 aromatic rings. The van der Waals surface area contributed by atoms with Crippen LogP contribution in [0.15, 0.2) is 54.6 Å². The lowest BCUT2D eigenvalue weighted by atomic mass is 10.1. The third kappa shape index (κ3) is 3.97. The molecule has 0 radical (unpaired) electrons. The van der Waals surface area contributed by atoms with Crippen LogP contribution in [0.1, 0.15) is 31.2 Å². The summed E-state index contributed by atoms with van der Waals surface area (Å²) >= 11 is 0. The van der Waals surface area contributed by atoms with Crippen LogP contribution in [-0.2, 0) is 16.1 Å². The van der Waals surface area contributed by atoms with Crippen LogP contribution in [0, 0.1) is 0 Å². The Bertz CT molecular complexity index is 798. The van der Waals surface area contributed by atoms with Crippen molar-refractivity contribution in [3.63, 3.8) is 0 Å². The first-order valence-electron chi connectivity index (χ1n) is 9.70. The molecule has 5 heteroatoms. The summed E-state index contributed by atoms with van der Waals surface area (Å²) in [6.45, 7) is 2.55. The Morgan fingerprint density at radius 1 is 0.889 bits per heavy atom. The fourth-order valence-corrected chi connectivity index (χ4v) is 3.85. The molecule has 1 atom stereocenters. The van der Waals surface area contributed by atoms with Gasteiger partial charge < -0.3 is 10.2 Å². The van der Waals surface area contributed by atoms with Gasteiger partial charge in [0.1, 0.15) is 6.04 Å². The van der Waals surface area contributed by atoms with Gasteiger partial charge in [0.2, 0.25) is 5.91 Å². The minimum Gasteiger partial charge on any atom is -0.373 e. The maximum atomic E-state index is 12.7. The number of amides is 2. The Hall–Kier alpha value is -2.82. The second-order valence-corrected chi connectivity index (χ2v) is 7.30. The molecule has 0 spiro atoms. The molecule has 1 N–H and O–H groups in total. The molecule has 2 heterocycles. The number of nitrogens with one attached hydrogen (secondary N) is 1. The molecule has 0 aromatic heterocycles. The predicted octanol–water partition coefficient (Wildman–Crippen LogP) is 3.42. The third-order valence-corrected chi connectivity index (χ3v) is 5.36. The molecule has 0 aliphatic carbocycles. The lowest BCUT2D eigenvalue weighted by molar-refractivity contribution is -0.139. The van der Waals surface area contributed by atoms with Crippen molar-refractivity contribution in [2.75, 3.05) is 23.3 Å². The van der Waals surface area contributed by atoms with E-state index in [9.17, 15) is 9.59 Å². The maximum Gasteiger partial charge on any atom is 0.252 e. The van der Waals surface area contributed by atoms with E-state index >= 15 is 0 Å². The average Bonchev–Trinajstić information content (AvgIpc) is 2.97. The van der Waals surface area contributed by atoms with Gasteiger partial charge in [0, 0.05) is 24.5 Å². The number of hydrogen-bond acceptors (Lipinski definition) is 4. The van der Waals surface area contributed by atoms with Crippen LogP contribution in [0.3, 0.4) is 0 Å². The predicted molar refractivity (Wildman–Crippen MR) is 107 cm³/mol. The van der Waals surface area contributed by atoms with Crippen molar-refractivity contribution in [2.24, 2.45) is 0 Å². The van der Waals surface area contributed by atoms with Crippen molar-refractivity contribution in [3.8, 4) is 0 Å². The molecule has 2 fully saturated rings. The zero-order valence-corrected chi connectivity index (χ0v) is 15.4. The van der Waals surface area contributed by atoms with Gasteiger partial charge in [0.25, 0.3) is 5.91 Å². The Morgan fingerprint density at radius 2 is 1.59 bits per heavy atom. The van der Waals surface area contributed by atoms with E-state index in [2.05, 4.69) is 22.3 Å². The van der Waals surface area contributed by atoms with Gasteiger partial charge in [0.15, 0.2) is 0 Å². The van der Waals surface area contributed by atoms with E-state index in [1.807, 2.05) is 42.5 Å². The molecule has 27 heavy (non-hydrogen) atoms. The second-order valence-electron chi connectivity index (χ2n) is 7.30. The van der Waals surface area contributed by atoms with E-state index in [-0.39, 0.29) is 18.2 Å². The minimum atomic E-state index is -0.484. The quantitative estimate of drug-likeness (QED) is 0.827. The summed E-state index contributed by atoms with van der Waals surface area (Å²) in [6, 6.07) is 17.3. The third-order valence-electron chi connectivity index (χ3n) is 5.36. The zero-order chi connectivity index (χ0) is 18.6. The smallest absolute Gasteiger partial charge is 0.252 e. The van der Waals surface area contributed by atoms with E-state index in [0.717, 1.165) is 24.3 Å². The lowest BCUT2D eigenvalue weighted by Gasteiger charge is -2.29. The number of imide groups is 1. The molecular weight excluding hydrogens is 338 g/mol. The number of carbonyl (C=O) groups is 2. The summed E-state index contributed by atoms with van der Waals surface area (Å²) in [5.41, 5.74) is 3.06. The van der Waals surface area contributed by atoms with Crippen LogP contribution in [0.2, 0.25) is 0 Å². The monoisotopic (exact) mass is 363 g/mol. The van der Waals surface area contributed by atoms with Gasteiger partial charge in [-0.3, -0.25) is 14.5 Å². The summed E-state index contributed by atoms with van der Waals surface area (Å²) in [7, 11) is 0. The largest absolute Gasteiger partial charge is 0.373 e. The molecule has 2 aromatic carbocycles. The van der Waals surface area contributed by atoms with Gasteiger partial charge >= 0.3 is 0 Å². The van der Waals surface area contributed by atoms with Crippen LogP contribution >= 0.6 is 0 Å². The lowest BCUT2D eigenvalue weighted by Crippen LogP contribution is -2.34. The highest BCUT2D eigenvalue weighted by Crippen LogP contribution is 2.24. The molecule has 0 bridgehead atoms. The van der Waals surface area contributed by atoms with Crippen molar-refractivity contribution in [1.29, 1.82) is 0 Å². The molecular formula is C22H25N3O2. The van der Waals surface area contributed by atoms with Crippen LogP contribution in [0.5, 0.6) is 0 Å². The molecule has 0 saturated carbocycles. The first-order chi connectivity index (χ1) is 13.2. The minimum absolute atomic E-state index is 0.119. The number of benzene rings is 2. The van der Waals surface area contributed by atoms with Crippen LogP contribution in [0.4, 0.5) is 11.4 Å². The topological polar surface area (TPSA) is 52.7 Å². The highest BCUT2D eigenvalue weighted by Gasteiger charge is 2.38. The fraction of sp³-hybridized carbons (Fsp3) is 0.364. The van der Waals surface area contributed by atoms with Gasteiger partial charge in [0.05, 0.1) is 13.0 Å². The highest BCUT2D eigenvalue weighted by molar-refractivity contribution is 6.06. The number of nitrogens with zero attached hydrogens (tertiary/aromatic N) is 2. The zero-order valence-electron chi connectivity index (χ0n) is 15.4. The summed E-state index contributed by atoms with van der Waals surface area (Å²) in [4.78, 5) is 28.7. The van der Waals surface area contributed by atoms with Gasteiger partial charge in [-0.1, -0.05) is 30.3 Å². The Labute approximate surface area is 160 Å². The molecule has 0 unspecified atom stereocenters. The van der Waals surface area contributed by atoms with E-state index in [0.29, 0.717) is 6.54 Å². The van der Waals surface area contributed by atoms with Crippen LogP contribution in [0.25, 0.3) is 0 Å². The van der Waals surface area contributed by atoms with Gasteiger partial charge in [-0.05, 0) is 49.1 Å². The summed E-state index contributed by atoms with van der Waals surface area (Å²) < 4.78 is 0. The van der Waals surface area contributed by atoms with E-state index in [4.69, 9.17) is 0 Å². The van der Waals surface area contributed by atoms with E-state index in [1.54, 1.807) is 0 Å². The number of anilines is 2. The second kappa shape index (κ2) is 7.82. The number of piperidine rings is 1. The molecule has 2 aliphatic heterocycles. The SMILES string of the molecule is O=C1C[C@@H](Nc2ccc(N3CCCCC3)cc2)C(=O)N1Cc1ccccc1. The first kappa shape index (κ1) is 17.6. The number of likely N-dealkylation sites (tertiary alicyclic amines) is 1. The number of rotatable bonds is 5. The number of carbonyl (C=O) groups excluding carboxylic acids is 2. The highest BCUT2D eigenvalue weighted by atomic mass is 16.2. The van der Waals surface area contributed by atoms with Crippen LogP contribution < -0.4 is 10.2 Å². The maximum absolute atomic E-state index is 12.7. The molecule has 5 nitrogen and oxygen atoms in total. The normalized spacial score (nSPS) is 20.2. The molecule has 140 valence electrons.